The SMILES string of the molecule is O=C(Nc1ccc(F)c(F)c1)N1CCn2nnc(CO)c2C1. The number of nitrogens with zero attached hydrogens (tertiary/aromatic N) is 4. The minimum absolute atomic E-state index is 0.170. The topological polar surface area (TPSA) is 83.3 Å². The Bertz CT molecular complexity index is 705. The second-order valence-corrected chi connectivity index (χ2v) is 4.84. The van der Waals surface area contributed by atoms with E-state index in [4.69, 9.17) is 0 Å². The van der Waals surface area contributed by atoms with E-state index in [2.05, 4.69) is 15.6 Å². The zero-order chi connectivity index (χ0) is 15.7. The van der Waals surface area contributed by atoms with Gasteiger partial charge in [-0.3, -0.25) is 0 Å². The number of hydrogen-bond acceptors (Lipinski definition) is 4. The first kappa shape index (κ1) is 14.4. The average Bonchev–Trinajstić information content (AvgIpc) is 2.93. The zero-order valence-electron chi connectivity index (χ0n) is 11.5. The Balaban J connectivity index is 1.72. The molecule has 0 atom stereocenters. The molecule has 1 aromatic heterocycles. The maximum atomic E-state index is 13.1. The second kappa shape index (κ2) is 5.68. The van der Waals surface area contributed by atoms with Crippen LogP contribution < -0.4 is 5.32 Å². The lowest BCUT2D eigenvalue weighted by Gasteiger charge is -2.27. The van der Waals surface area contributed by atoms with Crippen LogP contribution in [0, 0.1) is 11.6 Å². The van der Waals surface area contributed by atoms with Gasteiger partial charge in [-0.2, -0.15) is 0 Å². The molecule has 0 radical (unpaired) electrons. The van der Waals surface area contributed by atoms with Crippen molar-refractivity contribution in [1.82, 2.24) is 19.9 Å². The minimum Gasteiger partial charge on any atom is -0.390 e. The molecule has 0 spiro atoms. The number of aromatic nitrogens is 3. The third-order valence-corrected chi connectivity index (χ3v) is 3.45. The molecule has 0 bridgehead atoms. The van der Waals surface area contributed by atoms with E-state index in [1.807, 2.05) is 0 Å². The van der Waals surface area contributed by atoms with Crippen molar-refractivity contribution in [2.75, 3.05) is 11.9 Å². The number of amides is 2. The van der Waals surface area contributed by atoms with Gasteiger partial charge < -0.3 is 15.3 Å². The number of anilines is 1. The van der Waals surface area contributed by atoms with Crippen LogP contribution in [0.15, 0.2) is 18.2 Å². The molecule has 22 heavy (non-hydrogen) atoms. The van der Waals surface area contributed by atoms with Crippen molar-refractivity contribution in [2.24, 2.45) is 0 Å². The molecule has 1 aliphatic rings. The van der Waals surface area contributed by atoms with Crippen molar-refractivity contribution in [1.29, 1.82) is 0 Å². The van der Waals surface area contributed by atoms with Gasteiger partial charge in [-0.1, -0.05) is 5.21 Å². The largest absolute Gasteiger partial charge is 0.390 e. The van der Waals surface area contributed by atoms with E-state index in [0.717, 1.165) is 12.1 Å². The van der Waals surface area contributed by atoms with Gasteiger partial charge in [0.15, 0.2) is 11.6 Å². The molecule has 0 aliphatic carbocycles. The van der Waals surface area contributed by atoms with E-state index in [9.17, 15) is 18.7 Å². The van der Waals surface area contributed by atoms with Crippen molar-refractivity contribution in [3.05, 3.63) is 41.2 Å². The van der Waals surface area contributed by atoms with Crippen LogP contribution in [-0.4, -0.2) is 37.6 Å². The van der Waals surface area contributed by atoms with Crippen LogP contribution >= 0.6 is 0 Å². The maximum Gasteiger partial charge on any atom is 0.322 e. The van der Waals surface area contributed by atoms with Crippen LogP contribution in [0.5, 0.6) is 0 Å². The molecule has 0 fully saturated rings. The van der Waals surface area contributed by atoms with Gasteiger partial charge in [0, 0.05) is 18.3 Å². The molecule has 7 nitrogen and oxygen atoms in total. The molecule has 116 valence electrons. The van der Waals surface area contributed by atoms with Crippen LogP contribution in [-0.2, 0) is 19.7 Å². The summed E-state index contributed by atoms with van der Waals surface area (Å²) >= 11 is 0. The molecule has 2 aromatic rings. The monoisotopic (exact) mass is 309 g/mol. The van der Waals surface area contributed by atoms with E-state index in [0.29, 0.717) is 24.5 Å². The quantitative estimate of drug-likeness (QED) is 0.870. The van der Waals surface area contributed by atoms with Crippen LogP contribution in [0.3, 0.4) is 0 Å². The summed E-state index contributed by atoms with van der Waals surface area (Å²) in [6.45, 7) is 0.830. The van der Waals surface area contributed by atoms with Crippen LogP contribution in [0.4, 0.5) is 19.3 Å². The first-order chi connectivity index (χ1) is 10.6. The Morgan fingerprint density at radius 3 is 2.86 bits per heavy atom. The van der Waals surface area contributed by atoms with Crippen molar-refractivity contribution in [2.45, 2.75) is 19.7 Å². The highest BCUT2D eigenvalue weighted by molar-refractivity contribution is 5.89. The Kier molecular flexibility index (Phi) is 3.72. The number of aliphatic hydroxyl groups excluding tert-OH is 1. The number of hydrogen-bond donors (Lipinski definition) is 2. The number of fused-ring (bicyclic) bond motifs is 1. The van der Waals surface area contributed by atoms with Gasteiger partial charge in [-0.05, 0) is 12.1 Å². The van der Waals surface area contributed by atoms with Crippen LogP contribution in [0.1, 0.15) is 11.4 Å². The molecule has 2 heterocycles. The number of urea groups is 1. The summed E-state index contributed by atoms with van der Waals surface area (Å²) in [5, 5.41) is 19.4. The van der Waals surface area contributed by atoms with E-state index < -0.39 is 17.7 Å². The van der Waals surface area contributed by atoms with Gasteiger partial charge in [0.1, 0.15) is 5.69 Å². The Labute approximate surface area is 124 Å². The Morgan fingerprint density at radius 2 is 2.14 bits per heavy atom. The second-order valence-electron chi connectivity index (χ2n) is 4.84. The van der Waals surface area contributed by atoms with Gasteiger partial charge in [-0.25, -0.2) is 18.3 Å². The summed E-state index contributed by atoms with van der Waals surface area (Å²) in [6.07, 6.45) is 0. The fraction of sp³-hybridized carbons (Fsp3) is 0.308. The van der Waals surface area contributed by atoms with Gasteiger partial charge >= 0.3 is 6.03 Å². The third-order valence-electron chi connectivity index (χ3n) is 3.45. The summed E-state index contributed by atoms with van der Waals surface area (Å²) in [7, 11) is 0. The molecule has 0 saturated carbocycles. The molecule has 3 rings (SSSR count). The first-order valence-corrected chi connectivity index (χ1v) is 6.61. The van der Waals surface area contributed by atoms with Crippen molar-refractivity contribution < 1.29 is 18.7 Å². The molecule has 0 saturated heterocycles. The Hall–Kier alpha value is -2.55. The first-order valence-electron chi connectivity index (χ1n) is 6.61. The zero-order valence-corrected chi connectivity index (χ0v) is 11.5. The summed E-state index contributed by atoms with van der Waals surface area (Å²) in [5.41, 5.74) is 1.25. The summed E-state index contributed by atoms with van der Waals surface area (Å²) in [5.74, 6) is -2.00. The van der Waals surface area contributed by atoms with Crippen molar-refractivity contribution >= 4 is 11.7 Å². The normalized spacial score (nSPS) is 13.9. The van der Waals surface area contributed by atoms with Gasteiger partial charge in [0.05, 0.1) is 25.4 Å². The maximum absolute atomic E-state index is 13.1. The number of nitrogens with one attached hydrogen (secondary N) is 1. The lowest BCUT2D eigenvalue weighted by atomic mass is 10.2. The molecule has 1 aromatic carbocycles. The number of halogens is 2. The molecule has 2 amide bonds. The van der Waals surface area contributed by atoms with E-state index in [-0.39, 0.29) is 18.8 Å². The van der Waals surface area contributed by atoms with Crippen LogP contribution in [0.2, 0.25) is 0 Å². The van der Waals surface area contributed by atoms with E-state index in [1.165, 1.54) is 11.0 Å². The molecular formula is C13H13F2N5O2. The van der Waals surface area contributed by atoms with Crippen molar-refractivity contribution in [3.63, 3.8) is 0 Å². The highest BCUT2D eigenvalue weighted by Gasteiger charge is 2.24. The summed E-state index contributed by atoms with van der Waals surface area (Å²) in [4.78, 5) is 13.7. The summed E-state index contributed by atoms with van der Waals surface area (Å²) in [6, 6.07) is 2.71. The van der Waals surface area contributed by atoms with Gasteiger partial charge in [0.25, 0.3) is 0 Å². The highest BCUT2D eigenvalue weighted by Crippen LogP contribution is 2.17. The molecule has 1 aliphatic heterocycles. The lowest BCUT2D eigenvalue weighted by Crippen LogP contribution is -2.41. The predicted molar refractivity (Wildman–Crippen MR) is 71.7 cm³/mol. The minimum atomic E-state index is -1.03. The highest BCUT2D eigenvalue weighted by atomic mass is 19.2. The number of carbonyl (C=O) groups is 1. The Morgan fingerprint density at radius 1 is 1.32 bits per heavy atom. The molecule has 0 unspecified atom stereocenters. The number of rotatable bonds is 2. The fourth-order valence-corrected chi connectivity index (χ4v) is 2.27. The predicted octanol–water partition coefficient (Wildman–Crippen LogP) is 1.10. The van der Waals surface area contributed by atoms with Gasteiger partial charge in [0.2, 0.25) is 0 Å². The molecule has 9 heteroatoms. The standard InChI is InChI=1S/C13H13F2N5O2/c14-9-2-1-8(5-10(9)15)16-13(22)19-3-4-20-12(6-19)11(7-21)17-18-20/h1-2,5,21H,3-4,6-7H2,(H,16,22). The smallest absolute Gasteiger partial charge is 0.322 e. The van der Waals surface area contributed by atoms with Gasteiger partial charge in [-0.15, -0.1) is 5.10 Å². The molecular weight excluding hydrogens is 296 g/mol. The third kappa shape index (κ3) is 2.62. The molecule has 2 N–H and O–H groups in total. The summed E-state index contributed by atoms with van der Waals surface area (Å²) < 4.78 is 27.6. The van der Waals surface area contributed by atoms with E-state index >= 15 is 0 Å². The van der Waals surface area contributed by atoms with Crippen molar-refractivity contribution in [3.8, 4) is 0 Å². The number of carbonyl (C=O) groups excluding carboxylic acids is 1. The number of benzene rings is 1. The van der Waals surface area contributed by atoms with E-state index in [1.54, 1.807) is 4.68 Å². The lowest BCUT2D eigenvalue weighted by molar-refractivity contribution is 0.193. The van der Waals surface area contributed by atoms with Crippen LogP contribution in [0.25, 0.3) is 0 Å². The fourth-order valence-electron chi connectivity index (χ4n) is 2.27. The number of aliphatic hydroxyl groups is 1. The average molecular weight is 309 g/mol.